The summed E-state index contributed by atoms with van der Waals surface area (Å²) in [5, 5.41) is 2.92. The van der Waals surface area contributed by atoms with Crippen LogP contribution in [0, 0.1) is 17.8 Å². The summed E-state index contributed by atoms with van der Waals surface area (Å²) in [4.78, 5) is 25.7. The van der Waals surface area contributed by atoms with E-state index in [1.165, 1.54) is 7.11 Å². The summed E-state index contributed by atoms with van der Waals surface area (Å²) < 4.78 is 9.92. The number of nitrogens with one attached hydrogen (secondary N) is 1. The summed E-state index contributed by atoms with van der Waals surface area (Å²) in [5.41, 5.74) is 0. The molecule has 1 aliphatic carbocycles. The molecule has 0 aromatic rings. The molecule has 0 bridgehead atoms. The highest BCUT2D eigenvalue weighted by Gasteiger charge is 2.50. The standard InChI is InChI=1S/C15H26N2O4/c1-10-6-13-11(7-15(19)17(13)4-5-20-2)12(10)8-16-14(18)9-21-3/h10-13H,4-9H2,1-3H3,(H,16,18)/t10-,11-,12+,13+/m0/s1. The molecule has 1 saturated carbocycles. The van der Waals surface area contributed by atoms with Gasteiger partial charge in [0.05, 0.1) is 6.61 Å². The van der Waals surface area contributed by atoms with Gasteiger partial charge in [-0.05, 0) is 24.2 Å². The number of rotatable bonds is 7. The lowest BCUT2D eigenvalue weighted by Gasteiger charge is -2.24. The van der Waals surface area contributed by atoms with Crippen molar-refractivity contribution in [3.05, 3.63) is 0 Å². The number of nitrogens with zero attached hydrogens (tertiary/aromatic N) is 1. The summed E-state index contributed by atoms with van der Waals surface area (Å²) in [6.07, 6.45) is 1.62. The molecule has 1 heterocycles. The highest BCUT2D eigenvalue weighted by molar-refractivity contribution is 5.80. The van der Waals surface area contributed by atoms with Gasteiger partial charge in [-0.15, -0.1) is 0 Å². The van der Waals surface area contributed by atoms with E-state index in [1.54, 1.807) is 7.11 Å². The molecule has 6 heteroatoms. The number of carbonyl (C=O) groups excluding carboxylic acids is 2. The first-order valence-corrected chi connectivity index (χ1v) is 7.62. The molecular weight excluding hydrogens is 272 g/mol. The second-order valence-corrected chi connectivity index (χ2v) is 6.13. The van der Waals surface area contributed by atoms with E-state index in [4.69, 9.17) is 9.47 Å². The van der Waals surface area contributed by atoms with Crippen LogP contribution in [0.3, 0.4) is 0 Å². The first kappa shape index (κ1) is 16.2. The number of ether oxygens (including phenoxy) is 2. The molecule has 0 aromatic heterocycles. The van der Waals surface area contributed by atoms with Crippen molar-refractivity contribution in [1.29, 1.82) is 0 Å². The van der Waals surface area contributed by atoms with Gasteiger partial charge in [0.15, 0.2) is 0 Å². The molecule has 0 radical (unpaired) electrons. The minimum atomic E-state index is -0.0892. The van der Waals surface area contributed by atoms with Crippen molar-refractivity contribution < 1.29 is 19.1 Å². The van der Waals surface area contributed by atoms with E-state index < -0.39 is 0 Å². The van der Waals surface area contributed by atoms with Gasteiger partial charge in [0, 0.05) is 39.8 Å². The van der Waals surface area contributed by atoms with Crippen molar-refractivity contribution >= 4 is 11.8 Å². The van der Waals surface area contributed by atoms with Gasteiger partial charge < -0.3 is 19.7 Å². The van der Waals surface area contributed by atoms with Crippen molar-refractivity contribution in [1.82, 2.24) is 10.2 Å². The molecule has 1 aliphatic heterocycles. The predicted octanol–water partition coefficient (Wildman–Crippen LogP) is 0.269. The van der Waals surface area contributed by atoms with Crippen LogP contribution in [0.4, 0.5) is 0 Å². The average Bonchev–Trinajstić information content (AvgIpc) is 2.89. The maximum absolute atomic E-state index is 12.1. The van der Waals surface area contributed by atoms with Crippen molar-refractivity contribution in [3.63, 3.8) is 0 Å². The van der Waals surface area contributed by atoms with E-state index in [0.29, 0.717) is 49.9 Å². The number of hydrogen-bond donors (Lipinski definition) is 1. The molecule has 2 amide bonds. The van der Waals surface area contributed by atoms with Crippen molar-refractivity contribution in [2.24, 2.45) is 17.8 Å². The lowest BCUT2D eigenvalue weighted by atomic mass is 9.88. The van der Waals surface area contributed by atoms with Crippen LogP contribution in [0.25, 0.3) is 0 Å². The molecule has 2 fully saturated rings. The SMILES string of the molecule is COCCN1C(=O)C[C@H]2[C@H](CNC(=O)COC)[C@@H](C)C[C@H]21. The number of amides is 2. The first-order chi connectivity index (χ1) is 10.1. The molecule has 0 aromatic carbocycles. The second kappa shape index (κ2) is 7.22. The summed E-state index contributed by atoms with van der Waals surface area (Å²) in [6.45, 7) is 4.19. The zero-order valence-corrected chi connectivity index (χ0v) is 13.1. The molecule has 2 rings (SSSR count). The number of hydrogen-bond acceptors (Lipinski definition) is 4. The van der Waals surface area contributed by atoms with Gasteiger partial charge >= 0.3 is 0 Å². The van der Waals surface area contributed by atoms with Gasteiger partial charge in [-0.2, -0.15) is 0 Å². The lowest BCUT2D eigenvalue weighted by molar-refractivity contribution is -0.129. The number of likely N-dealkylation sites (tertiary alicyclic amines) is 1. The molecule has 21 heavy (non-hydrogen) atoms. The predicted molar refractivity (Wildman–Crippen MR) is 77.6 cm³/mol. The Morgan fingerprint density at radius 2 is 2.14 bits per heavy atom. The Morgan fingerprint density at radius 1 is 1.38 bits per heavy atom. The Bertz CT molecular complexity index is 388. The first-order valence-electron chi connectivity index (χ1n) is 7.62. The fourth-order valence-corrected chi connectivity index (χ4v) is 3.83. The zero-order chi connectivity index (χ0) is 15.4. The molecule has 6 nitrogen and oxygen atoms in total. The summed E-state index contributed by atoms with van der Waals surface area (Å²) in [7, 11) is 3.17. The zero-order valence-electron chi connectivity index (χ0n) is 13.1. The summed E-state index contributed by atoms with van der Waals surface area (Å²) in [5.74, 6) is 1.37. The Kier molecular flexibility index (Phi) is 5.58. The molecule has 2 aliphatic rings. The fraction of sp³-hybridized carbons (Fsp3) is 0.867. The maximum atomic E-state index is 12.1. The molecule has 0 spiro atoms. The summed E-state index contributed by atoms with van der Waals surface area (Å²) in [6, 6.07) is 0.312. The molecule has 120 valence electrons. The van der Waals surface area contributed by atoms with Crippen molar-refractivity contribution in [2.75, 3.05) is 40.5 Å². The van der Waals surface area contributed by atoms with E-state index >= 15 is 0 Å². The Morgan fingerprint density at radius 3 is 2.81 bits per heavy atom. The van der Waals surface area contributed by atoms with E-state index in [1.807, 2.05) is 4.90 Å². The van der Waals surface area contributed by atoms with Gasteiger partial charge in [-0.1, -0.05) is 6.92 Å². The van der Waals surface area contributed by atoms with E-state index in [0.717, 1.165) is 6.42 Å². The second-order valence-electron chi connectivity index (χ2n) is 6.13. The van der Waals surface area contributed by atoms with E-state index in [9.17, 15) is 9.59 Å². The molecule has 0 unspecified atom stereocenters. The van der Waals surface area contributed by atoms with Gasteiger partial charge in [0.25, 0.3) is 0 Å². The third kappa shape index (κ3) is 3.55. The van der Waals surface area contributed by atoms with E-state index in [-0.39, 0.29) is 18.4 Å². The van der Waals surface area contributed by atoms with Crippen molar-refractivity contribution in [3.8, 4) is 0 Å². The van der Waals surface area contributed by atoms with Crippen LogP contribution in [0.5, 0.6) is 0 Å². The molecular formula is C15H26N2O4. The highest BCUT2D eigenvalue weighted by Crippen LogP contribution is 2.45. The number of methoxy groups -OCH3 is 2. The van der Waals surface area contributed by atoms with Gasteiger partial charge in [-0.25, -0.2) is 0 Å². The minimum absolute atomic E-state index is 0.0892. The molecule has 4 atom stereocenters. The van der Waals surface area contributed by atoms with Gasteiger partial charge in [0.2, 0.25) is 11.8 Å². The van der Waals surface area contributed by atoms with Gasteiger partial charge in [-0.3, -0.25) is 9.59 Å². The smallest absolute Gasteiger partial charge is 0.245 e. The third-order valence-corrected chi connectivity index (χ3v) is 4.87. The Balaban J connectivity index is 1.93. The van der Waals surface area contributed by atoms with Crippen LogP contribution in [0.1, 0.15) is 19.8 Å². The fourth-order valence-electron chi connectivity index (χ4n) is 3.83. The number of carbonyl (C=O) groups is 2. The highest BCUT2D eigenvalue weighted by atomic mass is 16.5. The maximum Gasteiger partial charge on any atom is 0.245 e. The lowest BCUT2D eigenvalue weighted by Crippen LogP contribution is -2.37. The topological polar surface area (TPSA) is 67.9 Å². The van der Waals surface area contributed by atoms with Crippen LogP contribution >= 0.6 is 0 Å². The minimum Gasteiger partial charge on any atom is -0.383 e. The Labute approximate surface area is 126 Å². The monoisotopic (exact) mass is 298 g/mol. The van der Waals surface area contributed by atoms with Crippen LogP contribution in [-0.4, -0.2) is 63.3 Å². The van der Waals surface area contributed by atoms with Gasteiger partial charge in [0.1, 0.15) is 6.61 Å². The largest absolute Gasteiger partial charge is 0.383 e. The van der Waals surface area contributed by atoms with Crippen molar-refractivity contribution in [2.45, 2.75) is 25.8 Å². The molecule has 1 N–H and O–H groups in total. The Hall–Kier alpha value is -1.14. The van der Waals surface area contributed by atoms with E-state index in [2.05, 4.69) is 12.2 Å². The van der Waals surface area contributed by atoms with Crippen LogP contribution in [-0.2, 0) is 19.1 Å². The summed E-state index contributed by atoms with van der Waals surface area (Å²) >= 11 is 0. The van der Waals surface area contributed by atoms with Crippen LogP contribution in [0.2, 0.25) is 0 Å². The van der Waals surface area contributed by atoms with Crippen LogP contribution in [0.15, 0.2) is 0 Å². The normalized spacial score (nSPS) is 31.6. The third-order valence-electron chi connectivity index (χ3n) is 4.87. The van der Waals surface area contributed by atoms with Crippen LogP contribution < -0.4 is 5.32 Å². The quantitative estimate of drug-likeness (QED) is 0.732. The molecule has 1 saturated heterocycles. The average molecular weight is 298 g/mol. The number of fused-ring (bicyclic) bond motifs is 1.